The summed E-state index contributed by atoms with van der Waals surface area (Å²) in [5.74, 6) is 0. The van der Waals surface area contributed by atoms with Crippen LogP contribution < -0.4 is 0 Å². The summed E-state index contributed by atoms with van der Waals surface area (Å²) < 4.78 is 27.1. The summed E-state index contributed by atoms with van der Waals surface area (Å²) >= 11 is 1.29. The SMILES string of the molecule is O=S(=O)(c1cccs1)N1CC2(CCN(Cc3cccnc3)C2)C1. The van der Waals surface area contributed by atoms with Gasteiger partial charge >= 0.3 is 0 Å². The van der Waals surface area contributed by atoms with Gasteiger partial charge in [0.05, 0.1) is 0 Å². The van der Waals surface area contributed by atoms with Gasteiger partial charge in [0.2, 0.25) is 0 Å². The molecule has 2 aliphatic heterocycles. The lowest BCUT2D eigenvalue weighted by atomic mass is 9.81. The van der Waals surface area contributed by atoms with Crippen molar-refractivity contribution in [3.63, 3.8) is 0 Å². The Morgan fingerprint density at radius 2 is 2.09 bits per heavy atom. The van der Waals surface area contributed by atoms with Crippen LogP contribution in [0.4, 0.5) is 0 Å². The third-order valence-corrected chi connectivity index (χ3v) is 7.92. The van der Waals surface area contributed by atoms with Crippen LogP contribution in [0.15, 0.2) is 46.2 Å². The van der Waals surface area contributed by atoms with Gasteiger partial charge in [0.1, 0.15) is 4.21 Å². The van der Waals surface area contributed by atoms with Crippen LogP contribution in [0, 0.1) is 5.41 Å². The Kier molecular flexibility index (Phi) is 3.76. The monoisotopic (exact) mass is 349 g/mol. The highest BCUT2D eigenvalue weighted by Gasteiger charge is 2.51. The summed E-state index contributed by atoms with van der Waals surface area (Å²) in [5.41, 5.74) is 1.36. The van der Waals surface area contributed by atoms with Crippen molar-refractivity contribution < 1.29 is 8.42 Å². The summed E-state index contributed by atoms with van der Waals surface area (Å²) in [4.78, 5) is 6.57. The van der Waals surface area contributed by atoms with Gasteiger partial charge in [-0.25, -0.2) is 8.42 Å². The number of sulfonamides is 1. The molecule has 2 aliphatic rings. The van der Waals surface area contributed by atoms with Crippen LogP contribution in [0.25, 0.3) is 0 Å². The molecule has 0 atom stereocenters. The van der Waals surface area contributed by atoms with Crippen LogP contribution in [0.2, 0.25) is 0 Å². The minimum absolute atomic E-state index is 0.145. The second-order valence-electron chi connectivity index (χ2n) is 6.53. The van der Waals surface area contributed by atoms with E-state index in [0.29, 0.717) is 17.3 Å². The van der Waals surface area contributed by atoms with Gasteiger partial charge < -0.3 is 0 Å². The Bertz CT molecular complexity index is 769. The topological polar surface area (TPSA) is 53.5 Å². The van der Waals surface area contributed by atoms with Crippen LogP contribution in [0.1, 0.15) is 12.0 Å². The van der Waals surface area contributed by atoms with E-state index in [1.54, 1.807) is 22.6 Å². The number of hydrogen-bond donors (Lipinski definition) is 0. The smallest absolute Gasteiger partial charge is 0.252 e. The molecule has 0 aliphatic carbocycles. The standard InChI is InChI=1S/C16H19N3O2S2/c20-23(21,15-4-2-8-22-15)19-12-16(13-19)5-7-18(11-16)10-14-3-1-6-17-9-14/h1-4,6,8-9H,5,7,10-13H2. The summed E-state index contributed by atoms with van der Waals surface area (Å²) in [7, 11) is -3.28. The maximum absolute atomic E-state index is 12.5. The van der Waals surface area contributed by atoms with Crippen molar-refractivity contribution in [2.45, 2.75) is 17.2 Å². The van der Waals surface area contributed by atoms with Gasteiger partial charge in [-0.05, 0) is 36.0 Å². The van der Waals surface area contributed by atoms with E-state index in [1.807, 2.05) is 17.6 Å². The van der Waals surface area contributed by atoms with E-state index < -0.39 is 10.0 Å². The van der Waals surface area contributed by atoms with Crippen LogP contribution in [-0.2, 0) is 16.6 Å². The third-order valence-electron chi connectivity index (χ3n) is 4.76. The molecule has 2 aromatic rings. The second kappa shape index (κ2) is 5.66. The van der Waals surface area contributed by atoms with Crippen LogP contribution in [0.3, 0.4) is 0 Å². The molecule has 0 saturated carbocycles. The number of nitrogens with zero attached hydrogens (tertiary/aromatic N) is 3. The zero-order valence-corrected chi connectivity index (χ0v) is 14.4. The first-order valence-corrected chi connectivity index (χ1v) is 10.0. The first-order chi connectivity index (χ1) is 11.1. The van der Waals surface area contributed by atoms with E-state index in [-0.39, 0.29) is 5.41 Å². The fourth-order valence-corrected chi connectivity index (χ4v) is 6.39. The van der Waals surface area contributed by atoms with Gasteiger partial charge in [-0.1, -0.05) is 12.1 Å². The Balaban J connectivity index is 1.38. The molecule has 0 N–H and O–H groups in total. The summed E-state index contributed by atoms with van der Waals surface area (Å²) in [6.07, 6.45) is 4.76. The van der Waals surface area contributed by atoms with Crippen molar-refractivity contribution >= 4 is 21.4 Å². The molecule has 7 heteroatoms. The molecule has 2 aromatic heterocycles. The average molecular weight is 349 g/mol. The lowest BCUT2D eigenvalue weighted by Crippen LogP contribution is -2.59. The first-order valence-electron chi connectivity index (χ1n) is 7.72. The number of aromatic nitrogens is 1. The van der Waals surface area contributed by atoms with Crippen LogP contribution in [-0.4, -0.2) is 48.8 Å². The lowest BCUT2D eigenvalue weighted by Gasteiger charge is -2.46. The summed E-state index contributed by atoms with van der Waals surface area (Å²) in [5, 5.41) is 1.81. The minimum atomic E-state index is -3.28. The zero-order chi connectivity index (χ0) is 15.9. The number of likely N-dealkylation sites (tertiary alicyclic amines) is 1. The highest BCUT2D eigenvalue weighted by molar-refractivity contribution is 7.91. The third kappa shape index (κ3) is 2.82. The molecule has 0 aromatic carbocycles. The minimum Gasteiger partial charge on any atom is -0.298 e. The molecule has 0 radical (unpaired) electrons. The van der Waals surface area contributed by atoms with Gasteiger partial charge in [0.25, 0.3) is 10.0 Å². The number of pyridine rings is 1. The molecule has 4 rings (SSSR count). The molecule has 1 spiro atoms. The summed E-state index contributed by atoms with van der Waals surface area (Å²) in [6.45, 7) is 4.20. The van der Waals surface area contributed by atoms with Crippen molar-refractivity contribution in [3.05, 3.63) is 47.6 Å². The number of thiophene rings is 1. The van der Waals surface area contributed by atoms with E-state index in [2.05, 4.69) is 16.0 Å². The normalized spacial score (nSPS) is 21.6. The fraction of sp³-hybridized carbons (Fsp3) is 0.438. The predicted molar refractivity (Wildman–Crippen MR) is 89.6 cm³/mol. The van der Waals surface area contributed by atoms with Gasteiger partial charge in [0.15, 0.2) is 0 Å². The molecule has 2 saturated heterocycles. The van der Waals surface area contributed by atoms with Crippen molar-refractivity contribution in [3.8, 4) is 0 Å². The van der Waals surface area contributed by atoms with Crippen LogP contribution in [0.5, 0.6) is 0 Å². The van der Waals surface area contributed by atoms with E-state index in [1.165, 1.54) is 16.9 Å². The maximum Gasteiger partial charge on any atom is 0.252 e. The molecular weight excluding hydrogens is 330 g/mol. The van der Waals surface area contributed by atoms with Crippen molar-refractivity contribution in [1.82, 2.24) is 14.2 Å². The largest absolute Gasteiger partial charge is 0.298 e. The molecule has 2 fully saturated rings. The lowest BCUT2D eigenvalue weighted by molar-refractivity contribution is 0.0772. The fourth-order valence-electron chi connectivity index (χ4n) is 3.58. The number of rotatable bonds is 4. The zero-order valence-electron chi connectivity index (χ0n) is 12.8. The molecule has 0 amide bonds. The molecule has 122 valence electrons. The van der Waals surface area contributed by atoms with Crippen LogP contribution >= 0.6 is 11.3 Å². The van der Waals surface area contributed by atoms with Crippen molar-refractivity contribution in [2.24, 2.45) is 5.41 Å². The molecule has 0 bridgehead atoms. The Morgan fingerprint density at radius 3 is 2.78 bits per heavy atom. The van der Waals surface area contributed by atoms with Gasteiger partial charge in [-0.15, -0.1) is 11.3 Å². The predicted octanol–water partition coefficient (Wildman–Crippen LogP) is 2.04. The second-order valence-corrected chi connectivity index (χ2v) is 9.64. The first kappa shape index (κ1) is 15.3. The highest BCUT2D eigenvalue weighted by atomic mass is 32.2. The van der Waals surface area contributed by atoms with E-state index in [0.717, 1.165) is 26.1 Å². The van der Waals surface area contributed by atoms with Crippen molar-refractivity contribution in [1.29, 1.82) is 0 Å². The summed E-state index contributed by atoms with van der Waals surface area (Å²) in [6, 6.07) is 7.53. The van der Waals surface area contributed by atoms with Gasteiger partial charge in [0, 0.05) is 44.0 Å². The van der Waals surface area contributed by atoms with Gasteiger partial charge in [-0.3, -0.25) is 9.88 Å². The van der Waals surface area contributed by atoms with E-state index in [9.17, 15) is 8.42 Å². The average Bonchev–Trinajstić information content (AvgIpc) is 3.16. The molecular formula is C16H19N3O2S2. The molecule has 5 nitrogen and oxygen atoms in total. The maximum atomic E-state index is 12.5. The van der Waals surface area contributed by atoms with E-state index >= 15 is 0 Å². The molecule has 4 heterocycles. The van der Waals surface area contributed by atoms with Crippen molar-refractivity contribution in [2.75, 3.05) is 26.2 Å². The Morgan fingerprint density at radius 1 is 1.22 bits per heavy atom. The highest BCUT2D eigenvalue weighted by Crippen LogP contribution is 2.42. The molecule has 0 unspecified atom stereocenters. The Labute approximate surface area is 140 Å². The van der Waals surface area contributed by atoms with E-state index in [4.69, 9.17) is 0 Å². The molecule has 23 heavy (non-hydrogen) atoms. The van der Waals surface area contributed by atoms with Gasteiger partial charge in [-0.2, -0.15) is 4.31 Å². The number of hydrogen-bond acceptors (Lipinski definition) is 5. The Hall–Kier alpha value is -1.28. The quantitative estimate of drug-likeness (QED) is 0.848.